The maximum Gasteiger partial charge on any atom is 0.341 e. The molecule has 1 aromatic carbocycles. The maximum absolute atomic E-state index is 11.7. The number of carbonyl (C=O) groups is 1. The molecule has 1 aromatic heterocycles. The number of para-hydroxylation sites is 1. The quantitative estimate of drug-likeness (QED) is 0.681. The van der Waals surface area contributed by atoms with Crippen molar-refractivity contribution in [2.45, 2.75) is 6.54 Å². The summed E-state index contributed by atoms with van der Waals surface area (Å²) in [6.45, 7) is 0.563. The highest BCUT2D eigenvalue weighted by atomic mass is 16.5. The predicted octanol–water partition coefficient (Wildman–Crippen LogP) is 2.09. The molecule has 2 rings (SSSR count). The molecule has 0 atom stereocenters. The molecule has 0 unspecified atom stereocenters. The number of carbonyl (C=O) groups excluding carboxylic acids is 1. The first-order valence-corrected chi connectivity index (χ1v) is 6.21. The number of hydrogen-bond acceptors (Lipinski definition) is 5. The van der Waals surface area contributed by atoms with Gasteiger partial charge in [0, 0.05) is 25.5 Å². The second-order valence-corrected chi connectivity index (χ2v) is 4.42. The van der Waals surface area contributed by atoms with Crippen molar-refractivity contribution in [1.82, 2.24) is 4.98 Å². The minimum absolute atomic E-state index is 0.402. The summed E-state index contributed by atoms with van der Waals surface area (Å²) in [4.78, 5) is 17.9. The number of ether oxygens (including phenoxy) is 1. The van der Waals surface area contributed by atoms with Crippen LogP contribution in [0.15, 0.2) is 42.6 Å². The highest BCUT2D eigenvalue weighted by molar-refractivity contribution is 5.94. The highest BCUT2D eigenvalue weighted by Gasteiger charge is 2.16. The molecule has 0 amide bonds. The topological polar surface area (TPSA) is 68.5 Å². The van der Waals surface area contributed by atoms with E-state index in [9.17, 15) is 4.79 Å². The van der Waals surface area contributed by atoms with Gasteiger partial charge in [0.15, 0.2) is 0 Å². The molecule has 0 radical (unpaired) electrons. The summed E-state index contributed by atoms with van der Waals surface area (Å²) in [6.07, 6.45) is 1.65. The van der Waals surface area contributed by atoms with Gasteiger partial charge in [-0.15, -0.1) is 0 Å². The number of nitrogen functional groups attached to an aromatic ring is 1. The molecular weight excluding hydrogens is 254 g/mol. The van der Waals surface area contributed by atoms with Gasteiger partial charge in [0.05, 0.1) is 7.11 Å². The van der Waals surface area contributed by atoms with Crippen LogP contribution in [0.3, 0.4) is 0 Å². The Morgan fingerprint density at radius 1 is 1.30 bits per heavy atom. The third kappa shape index (κ3) is 2.88. The van der Waals surface area contributed by atoms with Gasteiger partial charge in [-0.05, 0) is 23.8 Å². The van der Waals surface area contributed by atoms with Crippen molar-refractivity contribution in [3.63, 3.8) is 0 Å². The van der Waals surface area contributed by atoms with E-state index in [0.717, 1.165) is 11.3 Å². The Kier molecular flexibility index (Phi) is 4.20. The number of esters is 1. The Hall–Kier alpha value is -2.56. The summed E-state index contributed by atoms with van der Waals surface area (Å²) in [6, 6.07) is 11.0. The fraction of sp³-hybridized carbons (Fsp3) is 0.200. The van der Waals surface area contributed by atoms with Crippen LogP contribution in [0.4, 0.5) is 11.5 Å². The van der Waals surface area contributed by atoms with Crippen LogP contribution in [0, 0.1) is 0 Å². The summed E-state index contributed by atoms with van der Waals surface area (Å²) in [5, 5.41) is 0. The summed E-state index contributed by atoms with van der Waals surface area (Å²) in [5.74, 6) is 0.170. The second-order valence-electron chi connectivity index (χ2n) is 4.42. The van der Waals surface area contributed by atoms with Crippen LogP contribution in [-0.2, 0) is 11.3 Å². The zero-order chi connectivity index (χ0) is 14.5. The lowest BCUT2D eigenvalue weighted by atomic mass is 10.1. The molecule has 0 bridgehead atoms. The molecule has 5 nitrogen and oxygen atoms in total. The molecule has 0 saturated carbocycles. The van der Waals surface area contributed by atoms with E-state index in [1.807, 2.05) is 36.2 Å². The first-order chi connectivity index (χ1) is 9.63. The summed E-state index contributed by atoms with van der Waals surface area (Å²) < 4.78 is 4.77. The fourth-order valence-corrected chi connectivity index (χ4v) is 1.98. The molecule has 0 aliphatic rings. The SMILES string of the molecule is COC(=O)c1cccnc1N(C)Cc1ccccc1N. The largest absolute Gasteiger partial charge is 0.465 e. The van der Waals surface area contributed by atoms with Gasteiger partial charge in [0.25, 0.3) is 0 Å². The van der Waals surface area contributed by atoms with E-state index in [2.05, 4.69) is 4.98 Å². The highest BCUT2D eigenvalue weighted by Crippen LogP contribution is 2.20. The van der Waals surface area contributed by atoms with Gasteiger partial charge in [-0.1, -0.05) is 18.2 Å². The normalized spacial score (nSPS) is 10.1. The van der Waals surface area contributed by atoms with Crippen LogP contribution in [0.1, 0.15) is 15.9 Å². The van der Waals surface area contributed by atoms with Gasteiger partial charge in [0.1, 0.15) is 11.4 Å². The first-order valence-electron chi connectivity index (χ1n) is 6.21. The number of benzene rings is 1. The molecule has 20 heavy (non-hydrogen) atoms. The van der Waals surface area contributed by atoms with Crippen LogP contribution >= 0.6 is 0 Å². The van der Waals surface area contributed by atoms with Crippen LogP contribution in [-0.4, -0.2) is 25.1 Å². The first kappa shape index (κ1) is 13.9. The molecule has 104 valence electrons. The predicted molar refractivity (Wildman–Crippen MR) is 78.5 cm³/mol. The van der Waals surface area contributed by atoms with Crippen LogP contribution in [0.25, 0.3) is 0 Å². The molecule has 0 spiro atoms. The van der Waals surface area contributed by atoms with Gasteiger partial charge in [-0.3, -0.25) is 0 Å². The molecular formula is C15H17N3O2. The molecule has 5 heteroatoms. The third-order valence-electron chi connectivity index (χ3n) is 3.02. The van der Waals surface area contributed by atoms with Gasteiger partial charge >= 0.3 is 5.97 Å². The lowest BCUT2D eigenvalue weighted by Crippen LogP contribution is -2.21. The Bertz CT molecular complexity index is 614. The smallest absolute Gasteiger partial charge is 0.341 e. The average Bonchev–Trinajstić information content (AvgIpc) is 2.48. The molecule has 2 N–H and O–H groups in total. The van der Waals surface area contributed by atoms with E-state index in [1.165, 1.54) is 7.11 Å². The summed E-state index contributed by atoms with van der Waals surface area (Å²) in [7, 11) is 3.22. The minimum Gasteiger partial charge on any atom is -0.465 e. The van der Waals surface area contributed by atoms with E-state index < -0.39 is 5.97 Å². The molecule has 0 fully saturated rings. The Labute approximate surface area is 118 Å². The standard InChI is InChI=1S/C15H17N3O2/c1-18(10-11-6-3-4-8-13(11)16)14-12(15(19)20-2)7-5-9-17-14/h3-9H,10,16H2,1-2H3. The number of aromatic nitrogens is 1. The number of methoxy groups -OCH3 is 1. The van der Waals surface area contributed by atoms with Crippen molar-refractivity contribution < 1.29 is 9.53 Å². The fourth-order valence-electron chi connectivity index (χ4n) is 1.98. The van der Waals surface area contributed by atoms with E-state index in [4.69, 9.17) is 10.5 Å². The number of pyridine rings is 1. The van der Waals surface area contributed by atoms with Crippen LogP contribution < -0.4 is 10.6 Å². The van der Waals surface area contributed by atoms with Gasteiger partial charge in [-0.25, -0.2) is 9.78 Å². The van der Waals surface area contributed by atoms with Crippen molar-refractivity contribution in [3.8, 4) is 0 Å². The van der Waals surface area contributed by atoms with Gasteiger partial charge < -0.3 is 15.4 Å². The van der Waals surface area contributed by atoms with Gasteiger partial charge in [-0.2, -0.15) is 0 Å². The maximum atomic E-state index is 11.7. The minimum atomic E-state index is -0.402. The van der Waals surface area contributed by atoms with Crippen molar-refractivity contribution in [3.05, 3.63) is 53.7 Å². The monoisotopic (exact) mass is 271 g/mol. The van der Waals surface area contributed by atoms with Crippen LogP contribution in [0.5, 0.6) is 0 Å². The van der Waals surface area contributed by atoms with Crippen molar-refractivity contribution in [2.24, 2.45) is 0 Å². The summed E-state index contributed by atoms with van der Waals surface area (Å²) in [5.41, 5.74) is 8.07. The van der Waals surface area contributed by atoms with E-state index in [-0.39, 0.29) is 0 Å². The Morgan fingerprint density at radius 2 is 2.05 bits per heavy atom. The number of rotatable bonds is 4. The van der Waals surface area contributed by atoms with Crippen molar-refractivity contribution >= 4 is 17.5 Å². The molecule has 0 saturated heterocycles. The number of anilines is 2. The number of nitrogens with two attached hydrogens (primary N) is 1. The number of hydrogen-bond donors (Lipinski definition) is 1. The Morgan fingerprint density at radius 3 is 2.75 bits per heavy atom. The van der Waals surface area contributed by atoms with Gasteiger partial charge in [0.2, 0.25) is 0 Å². The zero-order valence-corrected chi connectivity index (χ0v) is 11.5. The van der Waals surface area contributed by atoms with E-state index >= 15 is 0 Å². The lowest BCUT2D eigenvalue weighted by Gasteiger charge is -2.21. The molecule has 1 heterocycles. The molecule has 0 aliphatic heterocycles. The third-order valence-corrected chi connectivity index (χ3v) is 3.02. The molecule has 2 aromatic rings. The van der Waals surface area contributed by atoms with E-state index in [0.29, 0.717) is 17.9 Å². The van der Waals surface area contributed by atoms with Crippen molar-refractivity contribution in [1.29, 1.82) is 0 Å². The van der Waals surface area contributed by atoms with Crippen LogP contribution in [0.2, 0.25) is 0 Å². The molecule has 0 aliphatic carbocycles. The number of nitrogens with zero attached hydrogens (tertiary/aromatic N) is 2. The van der Waals surface area contributed by atoms with E-state index in [1.54, 1.807) is 18.3 Å². The lowest BCUT2D eigenvalue weighted by molar-refractivity contribution is 0.0601. The zero-order valence-electron chi connectivity index (χ0n) is 11.5. The average molecular weight is 271 g/mol. The second kappa shape index (κ2) is 6.06. The Balaban J connectivity index is 2.28. The summed E-state index contributed by atoms with van der Waals surface area (Å²) >= 11 is 0. The van der Waals surface area contributed by atoms with Crippen molar-refractivity contribution in [2.75, 3.05) is 24.8 Å².